The molecule has 0 spiro atoms. The van der Waals surface area contributed by atoms with Crippen molar-refractivity contribution in [3.8, 4) is 0 Å². The highest BCUT2D eigenvalue weighted by Crippen LogP contribution is 2.25. The van der Waals surface area contributed by atoms with Crippen LogP contribution in [0.1, 0.15) is 29.5 Å². The molecule has 2 aromatic heterocycles. The molecule has 0 saturated carbocycles. The number of aromatic nitrogens is 3. The van der Waals surface area contributed by atoms with E-state index >= 15 is 0 Å². The second kappa shape index (κ2) is 6.98. The Balaban J connectivity index is 1.52. The van der Waals surface area contributed by atoms with Crippen LogP contribution in [-0.2, 0) is 16.6 Å². The summed E-state index contributed by atoms with van der Waals surface area (Å²) in [5.74, 6) is 0. The first-order valence-corrected chi connectivity index (χ1v) is 10.6. The minimum absolute atomic E-state index is 0.310. The summed E-state index contributed by atoms with van der Waals surface area (Å²) in [6.07, 6.45) is 2.65. The van der Waals surface area contributed by atoms with Crippen molar-refractivity contribution in [2.24, 2.45) is 0 Å². The third kappa shape index (κ3) is 3.44. The van der Waals surface area contributed by atoms with Gasteiger partial charge in [-0.2, -0.15) is 5.10 Å². The van der Waals surface area contributed by atoms with Crippen molar-refractivity contribution in [2.45, 2.75) is 37.8 Å². The predicted octanol–water partition coefficient (Wildman–Crippen LogP) is 2.99. The van der Waals surface area contributed by atoms with Crippen LogP contribution in [0.5, 0.6) is 0 Å². The van der Waals surface area contributed by atoms with E-state index < -0.39 is 10.0 Å². The SMILES string of the molecule is Cc1cc(C)n(C2CCN(Cc3cccn3S(=O)(=O)c3ccccc3)C2)n1. The summed E-state index contributed by atoms with van der Waals surface area (Å²) in [5.41, 5.74) is 3.00. The van der Waals surface area contributed by atoms with Crippen molar-refractivity contribution >= 4 is 10.0 Å². The lowest BCUT2D eigenvalue weighted by molar-refractivity contribution is 0.306. The normalized spacial score (nSPS) is 18.2. The monoisotopic (exact) mass is 384 g/mol. The zero-order chi connectivity index (χ0) is 19.0. The molecule has 1 aliphatic rings. The van der Waals surface area contributed by atoms with Crippen molar-refractivity contribution < 1.29 is 8.42 Å². The second-order valence-electron chi connectivity index (χ2n) is 7.16. The van der Waals surface area contributed by atoms with E-state index in [1.54, 1.807) is 36.5 Å². The first kappa shape index (κ1) is 18.0. The van der Waals surface area contributed by atoms with Gasteiger partial charge in [-0.05, 0) is 50.6 Å². The van der Waals surface area contributed by atoms with Gasteiger partial charge in [0.2, 0.25) is 0 Å². The van der Waals surface area contributed by atoms with Gasteiger partial charge in [0, 0.05) is 37.2 Å². The summed E-state index contributed by atoms with van der Waals surface area (Å²) in [6, 6.07) is 14.7. The Morgan fingerprint density at radius 1 is 1.11 bits per heavy atom. The summed E-state index contributed by atoms with van der Waals surface area (Å²) >= 11 is 0. The largest absolute Gasteiger partial charge is 0.295 e. The molecule has 4 rings (SSSR count). The smallest absolute Gasteiger partial charge is 0.267 e. The molecular weight excluding hydrogens is 360 g/mol. The third-order valence-electron chi connectivity index (χ3n) is 5.12. The number of hydrogen-bond acceptors (Lipinski definition) is 4. The summed E-state index contributed by atoms with van der Waals surface area (Å²) < 4.78 is 29.4. The van der Waals surface area contributed by atoms with Crippen molar-refractivity contribution in [3.63, 3.8) is 0 Å². The molecule has 1 unspecified atom stereocenters. The number of rotatable bonds is 5. The Kier molecular flexibility index (Phi) is 4.65. The molecule has 0 amide bonds. The molecule has 0 bridgehead atoms. The highest BCUT2D eigenvalue weighted by Gasteiger charge is 2.27. The van der Waals surface area contributed by atoms with Crippen LogP contribution in [-0.4, -0.2) is 40.2 Å². The minimum atomic E-state index is -3.56. The van der Waals surface area contributed by atoms with E-state index in [9.17, 15) is 8.42 Å². The Bertz CT molecular complexity index is 1040. The molecule has 1 atom stereocenters. The molecule has 1 aliphatic heterocycles. The van der Waals surface area contributed by atoms with Crippen LogP contribution < -0.4 is 0 Å². The van der Waals surface area contributed by atoms with E-state index in [1.165, 1.54) is 9.67 Å². The lowest BCUT2D eigenvalue weighted by Gasteiger charge is -2.18. The Morgan fingerprint density at radius 3 is 2.59 bits per heavy atom. The van der Waals surface area contributed by atoms with Gasteiger partial charge in [0.1, 0.15) is 0 Å². The van der Waals surface area contributed by atoms with Crippen LogP contribution in [0.15, 0.2) is 59.6 Å². The first-order chi connectivity index (χ1) is 12.9. The lowest BCUT2D eigenvalue weighted by Crippen LogP contribution is -2.25. The molecule has 3 heterocycles. The van der Waals surface area contributed by atoms with E-state index in [-0.39, 0.29) is 0 Å². The van der Waals surface area contributed by atoms with Crippen LogP contribution in [0.25, 0.3) is 0 Å². The molecular formula is C20H24N4O2S. The van der Waals surface area contributed by atoms with Gasteiger partial charge in [-0.3, -0.25) is 9.58 Å². The van der Waals surface area contributed by atoms with Crippen molar-refractivity contribution in [2.75, 3.05) is 13.1 Å². The molecule has 6 nitrogen and oxygen atoms in total. The summed E-state index contributed by atoms with van der Waals surface area (Å²) in [4.78, 5) is 2.61. The second-order valence-corrected chi connectivity index (χ2v) is 8.98. The first-order valence-electron chi connectivity index (χ1n) is 9.17. The molecule has 3 aromatic rings. The maximum Gasteiger partial charge on any atom is 0.267 e. The van der Waals surface area contributed by atoms with Crippen LogP contribution in [0.3, 0.4) is 0 Å². The third-order valence-corrected chi connectivity index (χ3v) is 6.86. The maximum absolute atomic E-state index is 13.0. The van der Waals surface area contributed by atoms with E-state index in [2.05, 4.69) is 27.7 Å². The molecule has 0 radical (unpaired) electrons. The summed E-state index contributed by atoms with van der Waals surface area (Å²) in [6.45, 7) is 6.50. The molecule has 0 aliphatic carbocycles. The molecule has 1 saturated heterocycles. The Labute approximate surface area is 160 Å². The van der Waals surface area contributed by atoms with Crippen molar-refractivity contribution in [3.05, 3.63) is 71.8 Å². The fraction of sp³-hybridized carbons (Fsp3) is 0.350. The number of likely N-dealkylation sites (tertiary alicyclic amines) is 1. The summed E-state index contributed by atoms with van der Waals surface area (Å²) in [7, 11) is -3.56. The number of benzene rings is 1. The van der Waals surface area contributed by atoms with Gasteiger partial charge in [-0.15, -0.1) is 0 Å². The van der Waals surface area contributed by atoms with Gasteiger partial charge in [0.05, 0.1) is 16.6 Å². The zero-order valence-corrected chi connectivity index (χ0v) is 16.4. The molecule has 1 fully saturated rings. The van der Waals surface area contributed by atoms with Crippen LogP contribution in [0.4, 0.5) is 0 Å². The Hall–Kier alpha value is -2.38. The Morgan fingerprint density at radius 2 is 1.89 bits per heavy atom. The van der Waals surface area contributed by atoms with Gasteiger partial charge in [0.15, 0.2) is 0 Å². The fourth-order valence-electron chi connectivity index (χ4n) is 3.86. The van der Waals surface area contributed by atoms with Gasteiger partial charge in [-0.25, -0.2) is 12.4 Å². The number of aryl methyl sites for hydroxylation is 2. The number of hydrogen-bond donors (Lipinski definition) is 0. The zero-order valence-electron chi connectivity index (χ0n) is 15.6. The summed E-state index contributed by atoms with van der Waals surface area (Å²) in [5, 5.41) is 4.61. The minimum Gasteiger partial charge on any atom is -0.295 e. The maximum atomic E-state index is 13.0. The van der Waals surface area contributed by atoms with E-state index in [4.69, 9.17) is 0 Å². The van der Waals surface area contributed by atoms with Crippen molar-refractivity contribution in [1.82, 2.24) is 18.7 Å². The van der Waals surface area contributed by atoms with Gasteiger partial charge in [-0.1, -0.05) is 18.2 Å². The highest BCUT2D eigenvalue weighted by molar-refractivity contribution is 7.90. The van der Waals surface area contributed by atoms with E-state index in [0.717, 1.165) is 30.9 Å². The quantitative estimate of drug-likeness (QED) is 0.679. The van der Waals surface area contributed by atoms with Crippen molar-refractivity contribution in [1.29, 1.82) is 0 Å². The van der Waals surface area contributed by atoms with Crippen LogP contribution in [0, 0.1) is 13.8 Å². The van der Waals surface area contributed by atoms with Crippen LogP contribution in [0.2, 0.25) is 0 Å². The van der Waals surface area contributed by atoms with E-state index in [0.29, 0.717) is 17.5 Å². The van der Waals surface area contributed by atoms with Gasteiger partial charge in [0.25, 0.3) is 10.0 Å². The van der Waals surface area contributed by atoms with Gasteiger partial charge < -0.3 is 0 Å². The highest BCUT2D eigenvalue weighted by atomic mass is 32.2. The topological polar surface area (TPSA) is 60.1 Å². The molecule has 7 heteroatoms. The average Bonchev–Trinajstić information content (AvgIpc) is 3.37. The molecule has 27 heavy (non-hydrogen) atoms. The average molecular weight is 385 g/mol. The fourth-order valence-corrected chi connectivity index (χ4v) is 5.25. The molecule has 142 valence electrons. The van der Waals surface area contributed by atoms with Gasteiger partial charge >= 0.3 is 0 Å². The molecule has 0 N–H and O–H groups in total. The molecule has 1 aromatic carbocycles. The standard InChI is InChI=1S/C20H24N4O2S/c1-16-13-17(2)24(21-16)19-10-12-22(15-19)14-18-7-6-11-23(18)27(25,26)20-8-4-3-5-9-20/h3-9,11,13,19H,10,12,14-15H2,1-2H3. The number of nitrogens with zero attached hydrogens (tertiary/aromatic N) is 4. The van der Waals surface area contributed by atoms with E-state index in [1.807, 2.05) is 19.1 Å². The predicted molar refractivity (Wildman–Crippen MR) is 104 cm³/mol. The van der Waals surface area contributed by atoms with Crippen LogP contribution >= 0.6 is 0 Å². The lowest BCUT2D eigenvalue weighted by atomic mass is 10.2.